The van der Waals surface area contributed by atoms with Crippen molar-refractivity contribution in [3.8, 4) is 0 Å². The molecule has 3 aromatic rings. The summed E-state index contributed by atoms with van der Waals surface area (Å²) in [7, 11) is 0. The Kier molecular flexibility index (Phi) is 7.69. The van der Waals surface area contributed by atoms with Gasteiger partial charge >= 0.3 is 6.03 Å². The molecule has 41 heavy (non-hydrogen) atoms. The van der Waals surface area contributed by atoms with E-state index in [1.54, 1.807) is 21.9 Å². The number of urea groups is 1. The summed E-state index contributed by atoms with van der Waals surface area (Å²) in [6.45, 7) is 8.21. The van der Waals surface area contributed by atoms with Crippen LogP contribution in [0, 0.1) is 5.41 Å². The molecule has 216 valence electrons. The molecule has 9 nitrogen and oxygen atoms in total. The van der Waals surface area contributed by atoms with Gasteiger partial charge in [0.25, 0.3) is 5.91 Å². The minimum atomic E-state index is -0.743. The van der Waals surface area contributed by atoms with Crippen molar-refractivity contribution in [2.24, 2.45) is 5.41 Å². The molecule has 2 unspecified atom stereocenters. The molecule has 5 rings (SSSR count). The first-order valence-corrected chi connectivity index (χ1v) is 14.8. The molecule has 0 aliphatic carbocycles. The number of likely N-dealkylation sites (tertiary alicyclic amines) is 2. The SMILES string of the molecule is CC(C)(C)C(NC(=O)c1cc2ccccc2s1)C(=O)N1C[C@H]2N(C(=O)CNC(=O)Nc3ccc(Cl)cc3Cl)CC21C. The van der Waals surface area contributed by atoms with E-state index in [-0.39, 0.29) is 35.3 Å². The quantitative estimate of drug-likeness (QED) is 0.363. The van der Waals surface area contributed by atoms with Crippen molar-refractivity contribution in [1.82, 2.24) is 20.4 Å². The van der Waals surface area contributed by atoms with Crippen molar-refractivity contribution in [1.29, 1.82) is 0 Å². The molecular weight excluding hydrogens is 585 g/mol. The number of thiophene rings is 1. The molecule has 3 atom stereocenters. The molecule has 0 radical (unpaired) electrons. The highest BCUT2D eigenvalue weighted by molar-refractivity contribution is 7.20. The van der Waals surface area contributed by atoms with Crippen LogP contribution in [0.5, 0.6) is 0 Å². The zero-order valence-corrected chi connectivity index (χ0v) is 25.4. The predicted molar refractivity (Wildman–Crippen MR) is 162 cm³/mol. The van der Waals surface area contributed by atoms with E-state index in [1.165, 1.54) is 17.4 Å². The number of amides is 5. The number of benzene rings is 2. The monoisotopic (exact) mass is 615 g/mol. The number of halogens is 2. The smallest absolute Gasteiger partial charge is 0.319 e. The molecule has 3 N–H and O–H groups in total. The third kappa shape index (κ3) is 5.60. The van der Waals surface area contributed by atoms with Crippen molar-refractivity contribution >= 4 is 74.1 Å². The molecule has 5 amide bonds. The summed E-state index contributed by atoms with van der Waals surface area (Å²) in [5.74, 6) is -0.700. The fourth-order valence-electron chi connectivity index (χ4n) is 5.33. The number of rotatable bonds is 6. The van der Waals surface area contributed by atoms with E-state index in [9.17, 15) is 19.2 Å². The first-order chi connectivity index (χ1) is 19.3. The third-order valence-corrected chi connectivity index (χ3v) is 9.42. The lowest BCUT2D eigenvalue weighted by Gasteiger charge is -2.69. The molecule has 2 saturated heterocycles. The molecule has 3 heterocycles. The van der Waals surface area contributed by atoms with Crippen LogP contribution in [0.1, 0.15) is 37.4 Å². The minimum absolute atomic E-state index is 0.159. The van der Waals surface area contributed by atoms with Crippen LogP contribution in [0.3, 0.4) is 0 Å². The first kappa shape index (κ1) is 29.2. The Morgan fingerprint density at radius 2 is 1.83 bits per heavy atom. The number of nitrogens with one attached hydrogen (secondary N) is 3. The van der Waals surface area contributed by atoms with Gasteiger partial charge in [0.05, 0.1) is 33.7 Å². The number of anilines is 1. The maximum Gasteiger partial charge on any atom is 0.319 e. The van der Waals surface area contributed by atoms with Crippen molar-refractivity contribution in [2.45, 2.75) is 45.3 Å². The van der Waals surface area contributed by atoms with Crippen molar-refractivity contribution < 1.29 is 19.2 Å². The van der Waals surface area contributed by atoms with E-state index in [1.807, 2.05) is 58.0 Å². The summed E-state index contributed by atoms with van der Waals surface area (Å²) in [5, 5.41) is 9.84. The maximum atomic E-state index is 13.7. The van der Waals surface area contributed by atoms with Crippen LogP contribution in [0.15, 0.2) is 48.5 Å². The number of carbonyl (C=O) groups is 4. The second-order valence-electron chi connectivity index (χ2n) is 11.7. The molecular formula is C29H31Cl2N5O4S. The molecule has 2 aliphatic heterocycles. The average molecular weight is 617 g/mol. The van der Waals surface area contributed by atoms with Crippen LogP contribution in [-0.2, 0) is 9.59 Å². The Labute approximate surface area is 252 Å². The van der Waals surface area contributed by atoms with E-state index in [0.29, 0.717) is 28.7 Å². The summed E-state index contributed by atoms with van der Waals surface area (Å²) in [6, 6.07) is 12.8. The molecule has 0 saturated carbocycles. The summed E-state index contributed by atoms with van der Waals surface area (Å²) < 4.78 is 1.01. The number of fused-ring (bicyclic) bond motifs is 2. The fourth-order valence-corrected chi connectivity index (χ4v) is 6.75. The van der Waals surface area contributed by atoms with Gasteiger partial charge in [-0.3, -0.25) is 14.4 Å². The lowest BCUT2D eigenvalue weighted by Crippen LogP contribution is -2.89. The third-order valence-electron chi connectivity index (χ3n) is 7.76. The highest BCUT2D eigenvalue weighted by atomic mass is 35.5. The molecule has 1 aromatic heterocycles. The molecule has 2 aliphatic rings. The lowest BCUT2D eigenvalue weighted by atomic mass is 9.70. The fraction of sp³-hybridized carbons (Fsp3) is 0.379. The van der Waals surface area contributed by atoms with Crippen LogP contribution in [0.4, 0.5) is 10.5 Å². The molecule has 12 heteroatoms. The van der Waals surface area contributed by atoms with Gasteiger partial charge in [0, 0.05) is 22.8 Å². The van der Waals surface area contributed by atoms with Gasteiger partial charge < -0.3 is 25.8 Å². The second kappa shape index (κ2) is 10.8. The number of nitrogens with zero attached hydrogens (tertiary/aromatic N) is 2. The van der Waals surface area contributed by atoms with Crippen LogP contribution in [-0.4, -0.2) is 70.8 Å². The van der Waals surface area contributed by atoms with Crippen molar-refractivity contribution in [3.63, 3.8) is 0 Å². The minimum Gasteiger partial charge on any atom is -0.339 e. The summed E-state index contributed by atoms with van der Waals surface area (Å²) >= 11 is 13.4. The van der Waals surface area contributed by atoms with Gasteiger partial charge in [0.1, 0.15) is 6.04 Å². The number of hydrogen-bond donors (Lipinski definition) is 3. The predicted octanol–water partition coefficient (Wildman–Crippen LogP) is 4.99. The Morgan fingerprint density at radius 1 is 1.10 bits per heavy atom. The van der Waals surface area contributed by atoms with E-state index in [2.05, 4.69) is 16.0 Å². The normalized spacial score (nSPS) is 20.4. The van der Waals surface area contributed by atoms with Crippen LogP contribution >= 0.6 is 34.5 Å². The van der Waals surface area contributed by atoms with Crippen LogP contribution in [0.25, 0.3) is 10.1 Å². The molecule has 0 bridgehead atoms. The lowest BCUT2D eigenvalue weighted by molar-refractivity contribution is -0.206. The zero-order chi connectivity index (χ0) is 29.7. The molecule has 2 aromatic carbocycles. The van der Waals surface area contributed by atoms with Gasteiger partial charge in [-0.1, -0.05) is 62.2 Å². The maximum absolute atomic E-state index is 13.7. The number of carbonyl (C=O) groups excluding carboxylic acids is 4. The van der Waals surface area contributed by atoms with E-state index in [0.717, 1.165) is 10.1 Å². The topological polar surface area (TPSA) is 111 Å². The van der Waals surface area contributed by atoms with Gasteiger partial charge in [-0.25, -0.2) is 4.79 Å². The molecule has 2 fully saturated rings. The van der Waals surface area contributed by atoms with Crippen molar-refractivity contribution in [2.75, 3.05) is 25.0 Å². The number of hydrogen-bond acceptors (Lipinski definition) is 5. The van der Waals surface area contributed by atoms with Crippen LogP contribution < -0.4 is 16.0 Å². The van der Waals surface area contributed by atoms with Gasteiger partial charge in [-0.15, -0.1) is 11.3 Å². The van der Waals surface area contributed by atoms with Gasteiger partial charge in [0.2, 0.25) is 11.8 Å². The Bertz CT molecular complexity index is 1520. The summed E-state index contributed by atoms with van der Waals surface area (Å²) in [5.41, 5.74) is -0.690. The Balaban J connectivity index is 1.17. The average Bonchev–Trinajstić information content (AvgIpc) is 3.34. The zero-order valence-electron chi connectivity index (χ0n) is 23.1. The summed E-state index contributed by atoms with van der Waals surface area (Å²) in [6.07, 6.45) is 0. The van der Waals surface area contributed by atoms with E-state index < -0.39 is 23.0 Å². The second-order valence-corrected chi connectivity index (χ2v) is 13.6. The van der Waals surface area contributed by atoms with Crippen LogP contribution in [0.2, 0.25) is 10.0 Å². The Hall–Kier alpha value is -3.34. The Morgan fingerprint density at radius 3 is 2.46 bits per heavy atom. The standard InChI is InChI=1S/C29H31Cl2N5O4S/c1-28(2,3)24(34-25(38)21-11-16-7-5-6-8-20(16)41-21)26(39)36-14-22-29(36,4)15-35(22)23(37)13-32-27(40)33-19-10-9-17(30)12-18(19)31/h5-12,22,24H,13-15H2,1-4H3,(H,34,38)(H2,32,33,40)/t22-,24?,29?/m1/s1. The largest absolute Gasteiger partial charge is 0.339 e. The highest BCUT2D eigenvalue weighted by Gasteiger charge is 2.65. The first-order valence-electron chi connectivity index (χ1n) is 13.2. The van der Waals surface area contributed by atoms with Gasteiger partial charge in [0.15, 0.2) is 0 Å². The van der Waals surface area contributed by atoms with Crippen molar-refractivity contribution in [3.05, 3.63) is 63.5 Å². The van der Waals surface area contributed by atoms with E-state index >= 15 is 0 Å². The molecule has 0 spiro atoms. The van der Waals surface area contributed by atoms with Gasteiger partial charge in [-0.2, -0.15) is 0 Å². The van der Waals surface area contributed by atoms with Gasteiger partial charge in [-0.05, 0) is 48.1 Å². The summed E-state index contributed by atoms with van der Waals surface area (Å²) in [4.78, 5) is 56.0. The van der Waals surface area contributed by atoms with E-state index in [4.69, 9.17) is 23.2 Å². The highest BCUT2D eigenvalue weighted by Crippen LogP contribution is 2.45. The number of piperazine rings is 1.